The van der Waals surface area contributed by atoms with Crippen LogP contribution in [0.2, 0.25) is 0 Å². The Hall–Kier alpha value is -2.07. The van der Waals surface area contributed by atoms with Crippen molar-refractivity contribution in [3.8, 4) is 11.5 Å². The summed E-state index contributed by atoms with van der Waals surface area (Å²) in [6.45, 7) is 0. The molecule has 0 unspecified atom stereocenters. The molecule has 2 rings (SSSR count). The van der Waals surface area contributed by atoms with Gasteiger partial charge in [-0.05, 0) is 46.7 Å². The molecule has 98 valence electrons. The number of benzene rings is 1. The van der Waals surface area contributed by atoms with Crippen LogP contribution in [-0.2, 0) is 0 Å². The standard InChI is InChI=1S/C15H14O3S/c1-17-14-6-4-12(9-15(14)18-2)13(16)5-3-11-7-8-19-10-11/h3-10H,1-2H3/b5-3+. The minimum atomic E-state index is -0.0628. The average molecular weight is 274 g/mol. The van der Waals surface area contributed by atoms with Crippen LogP contribution in [0.4, 0.5) is 0 Å². The Morgan fingerprint density at radius 2 is 1.95 bits per heavy atom. The molecule has 0 fully saturated rings. The van der Waals surface area contributed by atoms with Crippen molar-refractivity contribution in [2.24, 2.45) is 0 Å². The van der Waals surface area contributed by atoms with Gasteiger partial charge in [-0.2, -0.15) is 11.3 Å². The fraction of sp³-hybridized carbons (Fsp3) is 0.133. The van der Waals surface area contributed by atoms with Crippen LogP contribution < -0.4 is 9.47 Å². The summed E-state index contributed by atoms with van der Waals surface area (Å²) in [4.78, 5) is 12.0. The Kier molecular flexibility index (Phi) is 4.36. The van der Waals surface area contributed by atoms with E-state index in [1.807, 2.05) is 16.8 Å². The van der Waals surface area contributed by atoms with Crippen LogP contribution in [0.25, 0.3) is 6.08 Å². The molecule has 0 radical (unpaired) electrons. The van der Waals surface area contributed by atoms with Gasteiger partial charge in [-0.25, -0.2) is 0 Å². The van der Waals surface area contributed by atoms with E-state index >= 15 is 0 Å². The van der Waals surface area contributed by atoms with Gasteiger partial charge >= 0.3 is 0 Å². The lowest BCUT2D eigenvalue weighted by molar-refractivity contribution is 0.104. The van der Waals surface area contributed by atoms with E-state index in [0.29, 0.717) is 17.1 Å². The molecule has 0 aliphatic carbocycles. The first-order valence-corrected chi connectivity index (χ1v) is 6.65. The molecule has 2 aromatic rings. The normalized spacial score (nSPS) is 10.6. The maximum atomic E-state index is 12.0. The largest absolute Gasteiger partial charge is 0.493 e. The lowest BCUT2D eigenvalue weighted by atomic mass is 10.1. The molecule has 1 aromatic heterocycles. The minimum Gasteiger partial charge on any atom is -0.493 e. The van der Waals surface area contributed by atoms with Crippen LogP contribution in [0.3, 0.4) is 0 Å². The number of ether oxygens (including phenoxy) is 2. The Bertz CT molecular complexity index is 585. The van der Waals surface area contributed by atoms with Crippen LogP contribution >= 0.6 is 11.3 Å². The molecular formula is C15H14O3S. The SMILES string of the molecule is COc1ccc(C(=O)/C=C/c2ccsc2)cc1OC. The van der Waals surface area contributed by atoms with E-state index in [9.17, 15) is 4.79 Å². The molecule has 0 atom stereocenters. The number of carbonyl (C=O) groups excluding carboxylic acids is 1. The van der Waals surface area contributed by atoms with E-state index in [1.165, 1.54) is 0 Å². The molecule has 0 bridgehead atoms. The smallest absolute Gasteiger partial charge is 0.185 e. The van der Waals surface area contributed by atoms with E-state index < -0.39 is 0 Å². The van der Waals surface area contributed by atoms with Gasteiger partial charge in [0.05, 0.1) is 14.2 Å². The second-order valence-corrected chi connectivity index (χ2v) is 4.60. The molecule has 0 aliphatic rings. The molecule has 0 amide bonds. The van der Waals surface area contributed by atoms with Crippen molar-refractivity contribution < 1.29 is 14.3 Å². The van der Waals surface area contributed by atoms with Gasteiger partial charge in [0, 0.05) is 5.56 Å². The van der Waals surface area contributed by atoms with Crippen LogP contribution in [0.5, 0.6) is 11.5 Å². The highest BCUT2D eigenvalue weighted by atomic mass is 32.1. The summed E-state index contributed by atoms with van der Waals surface area (Å²) in [5.74, 6) is 1.10. The molecule has 3 nitrogen and oxygen atoms in total. The maximum absolute atomic E-state index is 12.0. The molecule has 4 heteroatoms. The van der Waals surface area contributed by atoms with Crippen LogP contribution in [0.15, 0.2) is 41.1 Å². The van der Waals surface area contributed by atoms with E-state index in [1.54, 1.807) is 55.9 Å². The summed E-state index contributed by atoms with van der Waals surface area (Å²) in [7, 11) is 3.11. The molecule has 0 aliphatic heterocycles. The monoisotopic (exact) mass is 274 g/mol. The molecule has 0 saturated heterocycles. The zero-order valence-corrected chi connectivity index (χ0v) is 11.6. The number of thiophene rings is 1. The Morgan fingerprint density at radius 1 is 1.16 bits per heavy atom. The first kappa shape index (κ1) is 13.4. The summed E-state index contributed by atoms with van der Waals surface area (Å²) < 4.78 is 10.3. The number of hydrogen-bond acceptors (Lipinski definition) is 4. The Labute approximate surface area is 116 Å². The zero-order chi connectivity index (χ0) is 13.7. The third-order valence-corrected chi connectivity index (χ3v) is 3.34. The second-order valence-electron chi connectivity index (χ2n) is 3.82. The highest BCUT2D eigenvalue weighted by Crippen LogP contribution is 2.27. The van der Waals surface area contributed by atoms with Crippen molar-refractivity contribution in [1.82, 2.24) is 0 Å². The van der Waals surface area contributed by atoms with Gasteiger partial charge in [0.1, 0.15) is 0 Å². The quantitative estimate of drug-likeness (QED) is 0.616. The second kappa shape index (κ2) is 6.20. The fourth-order valence-corrected chi connectivity index (χ4v) is 2.26. The Morgan fingerprint density at radius 3 is 2.58 bits per heavy atom. The average Bonchev–Trinajstić information content (AvgIpc) is 2.97. The summed E-state index contributed by atoms with van der Waals surface area (Å²) in [6.07, 6.45) is 3.36. The van der Waals surface area contributed by atoms with Gasteiger partial charge in [0.25, 0.3) is 0 Å². The first-order chi connectivity index (χ1) is 9.24. The third-order valence-electron chi connectivity index (χ3n) is 2.64. The summed E-state index contributed by atoms with van der Waals surface area (Å²) in [5.41, 5.74) is 1.60. The Balaban J connectivity index is 2.19. The highest BCUT2D eigenvalue weighted by molar-refractivity contribution is 7.08. The molecule has 1 heterocycles. The van der Waals surface area contributed by atoms with Gasteiger partial charge in [-0.3, -0.25) is 4.79 Å². The zero-order valence-electron chi connectivity index (χ0n) is 10.8. The van der Waals surface area contributed by atoms with E-state index in [-0.39, 0.29) is 5.78 Å². The first-order valence-electron chi connectivity index (χ1n) is 5.71. The predicted octanol–water partition coefficient (Wildman–Crippen LogP) is 3.66. The van der Waals surface area contributed by atoms with Crippen molar-refractivity contribution >= 4 is 23.2 Å². The van der Waals surface area contributed by atoms with Crippen LogP contribution in [0.1, 0.15) is 15.9 Å². The molecule has 0 saturated carbocycles. The van der Waals surface area contributed by atoms with Crippen molar-refractivity contribution in [3.63, 3.8) is 0 Å². The number of rotatable bonds is 5. The molecule has 0 N–H and O–H groups in total. The van der Waals surface area contributed by atoms with Gasteiger partial charge < -0.3 is 9.47 Å². The van der Waals surface area contributed by atoms with E-state index in [0.717, 1.165) is 5.56 Å². The van der Waals surface area contributed by atoms with Gasteiger partial charge in [-0.15, -0.1) is 0 Å². The lowest BCUT2D eigenvalue weighted by Crippen LogP contribution is -1.97. The van der Waals surface area contributed by atoms with Crippen molar-refractivity contribution in [2.45, 2.75) is 0 Å². The molecular weight excluding hydrogens is 260 g/mol. The topological polar surface area (TPSA) is 35.5 Å². The van der Waals surface area contributed by atoms with Crippen molar-refractivity contribution in [2.75, 3.05) is 14.2 Å². The number of allylic oxidation sites excluding steroid dienone is 1. The highest BCUT2D eigenvalue weighted by Gasteiger charge is 2.08. The summed E-state index contributed by atoms with van der Waals surface area (Å²) in [6, 6.07) is 7.09. The van der Waals surface area contributed by atoms with E-state index in [4.69, 9.17) is 9.47 Å². The number of ketones is 1. The minimum absolute atomic E-state index is 0.0628. The van der Waals surface area contributed by atoms with Crippen molar-refractivity contribution in [3.05, 3.63) is 52.2 Å². The van der Waals surface area contributed by atoms with Gasteiger partial charge in [-0.1, -0.05) is 6.08 Å². The molecule has 19 heavy (non-hydrogen) atoms. The number of carbonyl (C=O) groups is 1. The maximum Gasteiger partial charge on any atom is 0.185 e. The number of hydrogen-bond donors (Lipinski definition) is 0. The lowest BCUT2D eigenvalue weighted by Gasteiger charge is -2.07. The molecule has 0 spiro atoms. The van der Waals surface area contributed by atoms with Gasteiger partial charge in [0.15, 0.2) is 17.3 Å². The fourth-order valence-electron chi connectivity index (χ4n) is 1.63. The predicted molar refractivity (Wildman–Crippen MR) is 77.2 cm³/mol. The molecule has 1 aromatic carbocycles. The summed E-state index contributed by atoms with van der Waals surface area (Å²) >= 11 is 1.60. The van der Waals surface area contributed by atoms with Crippen LogP contribution in [-0.4, -0.2) is 20.0 Å². The van der Waals surface area contributed by atoms with Crippen molar-refractivity contribution in [1.29, 1.82) is 0 Å². The van der Waals surface area contributed by atoms with E-state index in [2.05, 4.69) is 0 Å². The van der Waals surface area contributed by atoms with Crippen LogP contribution in [0, 0.1) is 0 Å². The van der Waals surface area contributed by atoms with Gasteiger partial charge in [0.2, 0.25) is 0 Å². The third kappa shape index (κ3) is 3.23. The number of methoxy groups -OCH3 is 2. The summed E-state index contributed by atoms with van der Waals surface area (Å²) in [5, 5.41) is 3.96.